The number of likely N-dealkylation sites (tertiary alicyclic amines) is 1. The highest BCUT2D eigenvalue weighted by molar-refractivity contribution is 14.0. The van der Waals surface area contributed by atoms with E-state index in [2.05, 4.69) is 44.8 Å². The number of hydrogen-bond acceptors (Lipinski definition) is 2. The van der Waals surface area contributed by atoms with E-state index in [9.17, 15) is 0 Å². The largest absolute Gasteiger partial charge is 0.385 e. The molecule has 1 heterocycles. The Bertz CT molecular complexity index is 511. The second-order valence-electron chi connectivity index (χ2n) is 7.00. The number of guanidine groups is 1. The summed E-state index contributed by atoms with van der Waals surface area (Å²) in [7, 11) is 1.91. The van der Waals surface area contributed by atoms with Crippen LogP contribution >= 0.6 is 24.0 Å². The van der Waals surface area contributed by atoms with Crippen LogP contribution in [0.5, 0.6) is 0 Å². The van der Waals surface area contributed by atoms with Crippen molar-refractivity contribution >= 4 is 35.6 Å². The van der Waals surface area contributed by atoms with E-state index in [1.54, 1.807) is 0 Å². The molecule has 1 spiro atoms. The van der Waals surface area contributed by atoms with Crippen LogP contribution in [-0.4, -0.2) is 44.1 Å². The van der Waals surface area contributed by atoms with Crippen LogP contribution in [0.15, 0.2) is 35.3 Å². The van der Waals surface area contributed by atoms with Gasteiger partial charge < -0.3 is 15.5 Å². The van der Waals surface area contributed by atoms with E-state index in [1.165, 1.54) is 50.9 Å². The molecule has 2 fully saturated rings. The molecule has 1 aromatic rings. The lowest BCUT2D eigenvalue weighted by Crippen LogP contribution is -2.41. The summed E-state index contributed by atoms with van der Waals surface area (Å²) >= 11 is 0. The summed E-state index contributed by atoms with van der Waals surface area (Å²) < 4.78 is 0. The highest BCUT2D eigenvalue weighted by Crippen LogP contribution is 2.45. The number of benzene rings is 1. The molecule has 5 heteroatoms. The van der Waals surface area contributed by atoms with Crippen molar-refractivity contribution in [1.29, 1.82) is 0 Å². The van der Waals surface area contributed by atoms with Gasteiger partial charge in [0.25, 0.3) is 0 Å². The lowest BCUT2D eigenvalue weighted by atomic mass is 9.86. The maximum Gasteiger partial charge on any atom is 0.193 e. The summed E-state index contributed by atoms with van der Waals surface area (Å²) in [5.41, 5.74) is 1.80. The van der Waals surface area contributed by atoms with Crippen molar-refractivity contribution < 1.29 is 0 Å². The zero-order valence-corrected chi connectivity index (χ0v) is 17.1. The van der Waals surface area contributed by atoms with Gasteiger partial charge in [-0.2, -0.15) is 0 Å². The van der Waals surface area contributed by atoms with Gasteiger partial charge in [-0.3, -0.25) is 4.99 Å². The molecule has 1 aromatic carbocycles. The Morgan fingerprint density at radius 1 is 1.12 bits per heavy atom. The molecule has 1 aliphatic carbocycles. The quantitative estimate of drug-likeness (QED) is 0.314. The lowest BCUT2D eigenvalue weighted by molar-refractivity contribution is 0.309. The Kier molecular flexibility index (Phi) is 7.65. The third kappa shape index (κ3) is 5.01. The van der Waals surface area contributed by atoms with E-state index in [4.69, 9.17) is 0 Å². The fourth-order valence-electron chi connectivity index (χ4n) is 4.06. The van der Waals surface area contributed by atoms with Crippen LogP contribution in [0.25, 0.3) is 0 Å². The first-order valence-electron chi connectivity index (χ1n) is 9.06. The Hall–Kier alpha value is -0.980. The normalized spacial score (nSPS) is 19.4. The molecule has 0 amide bonds. The molecule has 1 saturated carbocycles. The molecule has 2 aliphatic rings. The van der Waals surface area contributed by atoms with E-state index >= 15 is 0 Å². The predicted molar refractivity (Wildman–Crippen MR) is 113 cm³/mol. The van der Waals surface area contributed by atoms with E-state index in [0.717, 1.165) is 25.5 Å². The molecule has 1 aliphatic heterocycles. The molecule has 1 saturated heterocycles. The van der Waals surface area contributed by atoms with Crippen LogP contribution in [0.1, 0.15) is 38.5 Å². The van der Waals surface area contributed by atoms with Gasteiger partial charge in [-0.25, -0.2) is 0 Å². The van der Waals surface area contributed by atoms with Crippen LogP contribution in [0.2, 0.25) is 0 Å². The first kappa shape index (κ1) is 19.3. The van der Waals surface area contributed by atoms with E-state index < -0.39 is 0 Å². The maximum atomic E-state index is 4.49. The molecule has 4 nitrogen and oxygen atoms in total. The molecular formula is C19H31IN4. The molecule has 0 unspecified atom stereocenters. The Labute approximate surface area is 163 Å². The van der Waals surface area contributed by atoms with Crippen molar-refractivity contribution in [2.24, 2.45) is 10.4 Å². The van der Waals surface area contributed by atoms with Gasteiger partial charge in [0, 0.05) is 38.9 Å². The highest BCUT2D eigenvalue weighted by Gasteiger charge is 2.40. The molecule has 0 radical (unpaired) electrons. The monoisotopic (exact) mass is 442 g/mol. The Morgan fingerprint density at radius 3 is 2.58 bits per heavy atom. The molecule has 0 aromatic heterocycles. The number of rotatable bonds is 5. The molecule has 0 atom stereocenters. The molecular weight excluding hydrogens is 411 g/mol. The molecule has 134 valence electrons. The van der Waals surface area contributed by atoms with Crippen molar-refractivity contribution in [1.82, 2.24) is 10.2 Å². The highest BCUT2D eigenvalue weighted by atomic mass is 127. The van der Waals surface area contributed by atoms with Gasteiger partial charge in [-0.15, -0.1) is 24.0 Å². The standard InChI is InChI=1S/C19H30N4.HI/c1-20-18(23-15-12-19(16-23)10-5-6-11-19)22-14-7-13-21-17-8-3-2-4-9-17;/h2-4,8-9,21H,5-7,10-16H2,1H3,(H,20,22);1H. The number of aliphatic imine (C=N–C) groups is 1. The van der Waals surface area contributed by atoms with Crippen molar-refractivity contribution in [2.45, 2.75) is 38.5 Å². The summed E-state index contributed by atoms with van der Waals surface area (Å²) in [6, 6.07) is 10.4. The predicted octanol–water partition coefficient (Wildman–Crippen LogP) is 3.95. The summed E-state index contributed by atoms with van der Waals surface area (Å²) in [6.45, 7) is 4.32. The molecule has 24 heavy (non-hydrogen) atoms. The summed E-state index contributed by atoms with van der Waals surface area (Å²) in [6.07, 6.45) is 8.12. The second-order valence-corrected chi connectivity index (χ2v) is 7.00. The first-order valence-corrected chi connectivity index (χ1v) is 9.06. The van der Waals surface area contributed by atoms with Crippen LogP contribution in [0, 0.1) is 5.41 Å². The smallest absolute Gasteiger partial charge is 0.193 e. The van der Waals surface area contributed by atoms with Gasteiger partial charge in [0.1, 0.15) is 0 Å². The van der Waals surface area contributed by atoms with Crippen molar-refractivity contribution in [3.8, 4) is 0 Å². The number of nitrogens with zero attached hydrogens (tertiary/aromatic N) is 2. The average Bonchev–Trinajstić information content (AvgIpc) is 3.22. The zero-order valence-electron chi connectivity index (χ0n) is 14.8. The summed E-state index contributed by atoms with van der Waals surface area (Å²) in [5, 5.41) is 6.99. The number of hydrogen-bond donors (Lipinski definition) is 2. The van der Waals surface area contributed by atoms with Gasteiger partial charge in [-0.05, 0) is 43.2 Å². The third-order valence-electron chi connectivity index (χ3n) is 5.35. The second kappa shape index (κ2) is 9.49. The van der Waals surface area contributed by atoms with Crippen molar-refractivity contribution in [3.05, 3.63) is 30.3 Å². The molecule has 3 rings (SSSR count). The van der Waals surface area contributed by atoms with Gasteiger partial charge in [0.05, 0.1) is 0 Å². The Morgan fingerprint density at radius 2 is 1.88 bits per heavy atom. The topological polar surface area (TPSA) is 39.7 Å². The van der Waals surface area contributed by atoms with E-state index in [1.807, 2.05) is 13.1 Å². The van der Waals surface area contributed by atoms with Crippen molar-refractivity contribution in [3.63, 3.8) is 0 Å². The van der Waals surface area contributed by atoms with Crippen LogP contribution in [0.3, 0.4) is 0 Å². The fourth-order valence-corrected chi connectivity index (χ4v) is 4.06. The SMILES string of the molecule is CN=C(NCCCNc1ccccc1)N1CCC2(CCCC2)C1.I. The average molecular weight is 442 g/mol. The van der Waals surface area contributed by atoms with Gasteiger partial charge in [-0.1, -0.05) is 31.0 Å². The fraction of sp³-hybridized carbons (Fsp3) is 0.632. The van der Waals surface area contributed by atoms with Gasteiger partial charge in [0.15, 0.2) is 5.96 Å². The lowest BCUT2D eigenvalue weighted by Gasteiger charge is -2.26. The minimum atomic E-state index is 0. The molecule has 0 bridgehead atoms. The van der Waals surface area contributed by atoms with E-state index in [0.29, 0.717) is 5.41 Å². The summed E-state index contributed by atoms with van der Waals surface area (Å²) in [4.78, 5) is 6.96. The van der Waals surface area contributed by atoms with Crippen LogP contribution < -0.4 is 10.6 Å². The Balaban J connectivity index is 0.00000208. The zero-order chi connectivity index (χ0) is 16.0. The van der Waals surface area contributed by atoms with Crippen molar-refractivity contribution in [2.75, 3.05) is 38.5 Å². The number of para-hydroxylation sites is 1. The third-order valence-corrected chi connectivity index (χ3v) is 5.35. The molecule has 2 N–H and O–H groups in total. The van der Waals surface area contributed by atoms with Crippen LogP contribution in [-0.2, 0) is 0 Å². The first-order chi connectivity index (χ1) is 11.3. The minimum absolute atomic E-state index is 0. The van der Waals surface area contributed by atoms with Gasteiger partial charge in [0.2, 0.25) is 0 Å². The maximum absolute atomic E-state index is 4.49. The number of halogens is 1. The van der Waals surface area contributed by atoms with Gasteiger partial charge >= 0.3 is 0 Å². The number of anilines is 1. The number of nitrogens with one attached hydrogen (secondary N) is 2. The van der Waals surface area contributed by atoms with Crippen LogP contribution in [0.4, 0.5) is 5.69 Å². The minimum Gasteiger partial charge on any atom is -0.385 e. The van der Waals surface area contributed by atoms with E-state index in [-0.39, 0.29) is 24.0 Å². The summed E-state index contributed by atoms with van der Waals surface area (Å²) in [5.74, 6) is 1.09.